The predicted octanol–water partition coefficient (Wildman–Crippen LogP) is 1.29. The van der Waals surface area contributed by atoms with Crippen LogP contribution in [0.3, 0.4) is 0 Å². The largest absolute Gasteiger partial charge is 0.378 e. The maximum Gasteiger partial charge on any atom is 0.0630 e. The maximum atomic E-state index is 5.27. The van der Waals surface area contributed by atoms with Crippen molar-refractivity contribution in [2.75, 3.05) is 32.1 Å². The highest BCUT2D eigenvalue weighted by atomic mass is 79.9. The third kappa shape index (κ3) is 2.86. The van der Waals surface area contributed by atoms with E-state index in [0.29, 0.717) is 6.04 Å². The highest BCUT2D eigenvalue weighted by Crippen LogP contribution is 2.05. The fourth-order valence-corrected chi connectivity index (χ4v) is 1.58. The summed E-state index contributed by atoms with van der Waals surface area (Å²) in [6.07, 6.45) is 0. The van der Waals surface area contributed by atoms with E-state index in [9.17, 15) is 0 Å². The maximum absolute atomic E-state index is 5.27. The van der Waals surface area contributed by atoms with Gasteiger partial charge < -0.3 is 4.74 Å². The lowest BCUT2D eigenvalue weighted by Gasteiger charge is -2.30. The van der Waals surface area contributed by atoms with Gasteiger partial charge in [0.1, 0.15) is 0 Å². The second-order valence-corrected chi connectivity index (χ2v) is 3.01. The molecule has 0 aromatic carbocycles. The Bertz CT molecular complexity index is 91.8. The van der Waals surface area contributed by atoms with Crippen molar-refractivity contribution < 1.29 is 4.74 Å². The van der Waals surface area contributed by atoms with Crippen LogP contribution in [0.1, 0.15) is 0 Å². The first kappa shape index (κ1) is 10.9. The fourth-order valence-electron chi connectivity index (χ4n) is 0.900. The molecular formula is C6H13Br2NO. The monoisotopic (exact) mass is 273 g/mol. The number of likely N-dealkylation sites (N-methyl/N-ethyl adjacent to an activating group) is 1. The number of halogens is 2. The van der Waals surface area contributed by atoms with Crippen molar-refractivity contribution in [1.82, 2.24) is 4.90 Å². The molecule has 0 radical (unpaired) electrons. The third-order valence-corrected chi connectivity index (χ3v) is 2.45. The van der Waals surface area contributed by atoms with E-state index in [1.165, 1.54) is 0 Å². The molecule has 0 spiro atoms. The zero-order valence-corrected chi connectivity index (χ0v) is 9.35. The first-order valence-electron chi connectivity index (χ1n) is 3.18. The van der Waals surface area contributed by atoms with Gasteiger partial charge in [-0.2, -0.15) is 0 Å². The molecule has 1 aliphatic rings. The van der Waals surface area contributed by atoms with Gasteiger partial charge in [0.05, 0.1) is 13.2 Å². The molecule has 0 amide bonds. The minimum Gasteiger partial charge on any atom is -0.378 e. The summed E-state index contributed by atoms with van der Waals surface area (Å²) in [5, 5.41) is 1.02. The predicted molar refractivity (Wildman–Crippen MR) is 51.4 cm³/mol. The van der Waals surface area contributed by atoms with E-state index in [1.54, 1.807) is 0 Å². The van der Waals surface area contributed by atoms with Crippen LogP contribution in [0, 0.1) is 0 Å². The molecule has 0 aromatic heterocycles. The quantitative estimate of drug-likeness (QED) is 0.669. The number of morpholine rings is 1. The Hall–Kier alpha value is 0.880. The average Bonchev–Trinajstić information content (AvgIpc) is 1.89. The van der Waals surface area contributed by atoms with E-state index in [2.05, 4.69) is 27.9 Å². The number of hydrogen-bond donors (Lipinski definition) is 0. The molecule has 0 aromatic rings. The Labute approximate surface area is 80.8 Å². The molecule has 1 saturated heterocycles. The van der Waals surface area contributed by atoms with Crippen LogP contribution >= 0.6 is 32.9 Å². The van der Waals surface area contributed by atoms with Crippen molar-refractivity contribution in [3.05, 3.63) is 0 Å². The van der Waals surface area contributed by atoms with Crippen molar-refractivity contribution in [2.45, 2.75) is 6.04 Å². The molecule has 0 bridgehead atoms. The van der Waals surface area contributed by atoms with Crippen molar-refractivity contribution in [3.63, 3.8) is 0 Å². The van der Waals surface area contributed by atoms with Crippen LogP contribution < -0.4 is 0 Å². The SMILES string of the molecule is Br.CN1CCOCC1CBr. The van der Waals surface area contributed by atoms with Gasteiger partial charge in [-0.15, -0.1) is 17.0 Å². The standard InChI is InChI=1S/C6H12BrNO.BrH/c1-8-2-3-9-5-6(8)4-7;/h6H,2-5H2,1H3;1H. The number of hydrogen-bond acceptors (Lipinski definition) is 2. The molecule has 0 aliphatic carbocycles. The molecule has 0 N–H and O–H groups in total. The number of ether oxygens (including phenoxy) is 1. The molecule has 1 aliphatic heterocycles. The molecule has 0 saturated carbocycles. The Kier molecular flexibility index (Phi) is 6.01. The number of rotatable bonds is 1. The smallest absolute Gasteiger partial charge is 0.0630 e. The number of nitrogens with zero attached hydrogens (tertiary/aromatic N) is 1. The lowest BCUT2D eigenvalue weighted by molar-refractivity contribution is 0.0153. The minimum atomic E-state index is 0. The molecule has 1 atom stereocenters. The number of alkyl halides is 1. The molecule has 2 nitrogen and oxygen atoms in total. The first-order chi connectivity index (χ1) is 4.34. The van der Waals surface area contributed by atoms with Crippen LogP contribution in [0.25, 0.3) is 0 Å². The van der Waals surface area contributed by atoms with Gasteiger partial charge in [0.15, 0.2) is 0 Å². The van der Waals surface area contributed by atoms with Crippen molar-refractivity contribution in [2.24, 2.45) is 0 Å². The summed E-state index contributed by atoms with van der Waals surface area (Å²) in [5.41, 5.74) is 0. The van der Waals surface area contributed by atoms with Gasteiger partial charge in [-0.3, -0.25) is 4.90 Å². The molecule has 1 heterocycles. The van der Waals surface area contributed by atoms with Crippen LogP contribution in [0.2, 0.25) is 0 Å². The normalized spacial score (nSPS) is 27.6. The minimum absolute atomic E-state index is 0. The Morgan fingerprint density at radius 3 is 2.80 bits per heavy atom. The summed E-state index contributed by atoms with van der Waals surface area (Å²) in [6.45, 7) is 2.83. The lowest BCUT2D eigenvalue weighted by Crippen LogP contribution is -2.43. The van der Waals surface area contributed by atoms with Crippen LogP contribution in [-0.4, -0.2) is 43.1 Å². The van der Waals surface area contributed by atoms with E-state index in [4.69, 9.17) is 4.74 Å². The van der Waals surface area contributed by atoms with E-state index in [0.717, 1.165) is 25.1 Å². The molecule has 1 unspecified atom stereocenters. The molecule has 10 heavy (non-hydrogen) atoms. The summed E-state index contributed by atoms with van der Waals surface area (Å²) in [5.74, 6) is 0. The molecule has 1 rings (SSSR count). The second-order valence-electron chi connectivity index (χ2n) is 2.36. The summed E-state index contributed by atoms with van der Waals surface area (Å²) in [6, 6.07) is 0.582. The molecule has 4 heteroatoms. The van der Waals surface area contributed by atoms with E-state index >= 15 is 0 Å². The summed E-state index contributed by atoms with van der Waals surface area (Å²) in [4.78, 5) is 2.32. The fraction of sp³-hybridized carbons (Fsp3) is 1.00. The van der Waals surface area contributed by atoms with E-state index in [1.807, 2.05) is 0 Å². The van der Waals surface area contributed by atoms with Gasteiger partial charge in [0.2, 0.25) is 0 Å². The highest BCUT2D eigenvalue weighted by molar-refractivity contribution is 9.09. The average molecular weight is 275 g/mol. The Morgan fingerprint density at radius 2 is 2.40 bits per heavy atom. The van der Waals surface area contributed by atoms with Gasteiger partial charge >= 0.3 is 0 Å². The second kappa shape index (κ2) is 5.52. The molecule has 62 valence electrons. The third-order valence-electron chi connectivity index (χ3n) is 1.70. The molecule has 1 fully saturated rings. The Morgan fingerprint density at radius 1 is 1.70 bits per heavy atom. The summed E-state index contributed by atoms with van der Waals surface area (Å²) in [7, 11) is 2.13. The van der Waals surface area contributed by atoms with Gasteiger partial charge in [-0.25, -0.2) is 0 Å². The highest BCUT2D eigenvalue weighted by Gasteiger charge is 2.16. The topological polar surface area (TPSA) is 12.5 Å². The zero-order chi connectivity index (χ0) is 6.69. The van der Waals surface area contributed by atoms with E-state index in [-0.39, 0.29) is 17.0 Å². The van der Waals surface area contributed by atoms with Crippen LogP contribution in [0.4, 0.5) is 0 Å². The van der Waals surface area contributed by atoms with Crippen molar-refractivity contribution >= 4 is 32.9 Å². The zero-order valence-electron chi connectivity index (χ0n) is 6.05. The van der Waals surface area contributed by atoms with Crippen molar-refractivity contribution in [1.29, 1.82) is 0 Å². The van der Waals surface area contributed by atoms with Gasteiger partial charge in [-0.1, -0.05) is 15.9 Å². The lowest BCUT2D eigenvalue weighted by atomic mass is 10.3. The van der Waals surface area contributed by atoms with Gasteiger partial charge in [0, 0.05) is 17.9 Å². The van der Waals surface area contributed by atoms with E-state index < -0.39 is 0 Å². The van der Waals surface area contributed by atoms with Crippen LogP contribution in [0.15, 0.2) is 0 Å². The Balaban J connectivity index is 0.000000810. The first-order valence-corrected chi connectivity index (χ1v) is 4.30. The summed E-state index contributed by atoms with van der Waals surface area (Å²) < 4.78 is 5.27. The van der Waals surface area contributed by atoms with Gasteiger partial charge in [0.25, 0.3) is 0 Å². The summed E-state index contributed by atoms with van der Waals surface area (Å²) >= 11 is 3.43. The van der Waals surface area contributed by atoms with Crippen molar-refractivity contribution in [3.8, 4) is 0 Å². The van der Waals surface area contributed by atoms with Crippen LogP contribution in [-0.2, 0) is 4.74 Å². The van der Waals surface area contributed by atoms with Gasteiger partial charge in [-0.05, 0) is 7.05 Å². The van der Waals surface area contributed by atoms with Crippen LogP contribution in [0.5, 0.6) is 0 Å². The molecular weight excluding hydrogens is 262 g/mol.